The highest BCUT2D eigenvalue weighted by Gasteiger charge is 2.19. The summed E-state index contributed by atoms with van der Waals surface area (Å²) in [6, 6.07) is 0. The van der Waals surface area contributed by atoms with Crippen molar-refractivity contribution < 1.29 is 28.6 Å². The molecule has 0 aromatic rings. The number of carbonyl (C=O) groups is 3. The Bertz CT molecular complexity index is 1470. The number of hydrogen-bond acceptors (Lipinski definition) is 6. The molecule has 0 aliphatic rings. The summed E-state index contributed by atoms with van der Waals surface area (Å²) in [4.78, 5) is 38.4. The Labute approximate surface area is 497 Å². The van der Waals surface area contributed by atoms with Gasteiger partial charge in [-0.1, -0.05) is 331 Å². The van der Waals surface area contributed by atoms with Crippen LogP contribution in [0.2, 0.25) is 0 Å². The van der Waals surface area contributed by atoms with Crippen LogP contribution in [0, 0.1) is 0 Å². The molecule has 0 spiro atoms. The fourth-order valence-corrected chi connectivity index (χ4v) is 10.2. The van der Waals surface area contributed by atoms with E-state index in [0.29, 0.717) is 19.3 Å². The van der Waals surface area contributed by atoms with Crippen LogP contribution in [0.15, 0.2) is 72.9 Å². The van der Waals surface area contributed by atoms with Crippen LogP contribution in [0.3, 0.4) is 0 Å². The Morgan fingerprint density at radius 2 is 0.512 bits per heavy atom. The van der Waals surface area contributed by atoms with Crippen molar-refractivity contribution in [3.05, 3.63) is 72.9 Å². The number of unbranched alkanes of at least 4 members (excludes halogenated alkanes) is 41. The number of carbonyl (C=O) groups excluding carboxylic acids is 3. The summed E-state index contributed by atoms with van der Waals surface area (Å²) in [6.07, 6.45) is 89.3. The van der Waals surface area contributed by atoms with Crippen molar-refractivity contribution >= 4 is 17.9 Å². The minimum Gasteiger partial charge on any atom is -0.462 e. The van der Waals surface area contributed by atoms with Gasteiger partial charge in [0.25, 0.3) is 0 Å². The standard InChI is InChI=1S/C74H132O6/c1-4-7-10-13-16-19-22-25-27-29-31-33-35-36-37-39-40-42-44-46-49-52-55-58-61-64-67-73(76)79-70-71(69-78-72(75)66-63-60-57-54-51-48-24-21-18-15-12-9-6-3)80-74(77)68-65-62-59-56-53-50-47-45-43-41-38-34-32-30-28-26-23-20-17-14-11-8-5-2/h8,11-12,15,17,20-21,24,26,28,32,34,71H,4-7,9-10,13-14,16,18-19,22-23,25,27,29-31,33,35-70H2,1-3H3/b11-8-,15-12-,20-17-,24-21-,28-26-,34-32-. The third kappa shape index (κ3) is 65.7. The van der Waals surface area contributed by atoms with E-state index in [4.69, 9.17) is 14.2 Å². The van der Waals surface area contributed by atoms with E-state index in [1.165, 1.54) is 212 Å². The van der Waals surface area contributed by atoms with Gasteiger partial charge in [-0.25, -0.2) is 0 Å². The first-order chi connectivity index (χ1) is 39.5. The molecule has 0 amide bonds. The van der Waals surface area contributed by atoms with Crippen LogP contribution in [-0.2, 0) is 28.6 Å². The van der Waals surface area contributed by atoms with E-state index < -0.39 is 6.10 Å². The third-order valence-corrected chi connectivity index (χ3v) is 15.4. The van der Waals surface area contributed by atoms with Crippen molar-refractivity contribution in [1.82, 2.24) is 0 Å². The van der Waals surface area contributed by atoms with Gasteiger partial charge in [0.05, 0.1) is 0 Å². The zero-order chi connectivity index (χ0) is 57.8. The largest absolute Gasteiger partial charge is 0.462 e. The monoisotopic (exact) mass is 1120 g/mol. The highest BCUT2D eigenvalue weighted by atomic mass is 16.6. The molecule has 0 aromatic carbocycles. The van der Waals surface area contributed by atoms with E-state index in [1.807, 2.05) is 0 Å². The summed E-state index contributed by atoms with van der Waals surface area (Å²) in [6.45, 7) is 6.50. The molecule has 1 unspecified atom stereocenters. The lowest BCUT2D eigenvalue weighted by Gasteiger charge is -2.18. The Kier molecular flexibility index (Phi) is 65.7. The minimum atomic E-state index is -0.784. The van der Waals surface area contributed by atoms with Crippen LogP contribution in [0.4, 0.5) is 0 Å². The second-order valence-electron chi connectivity index (χ2n) is 23.4. The summed E-state index contributed by atoms with van der Waals surface area (Å²) in [5.74, 6) is -0.878. The number of hydrogen-bond donors (Lipinski definition) is 0. The van der Waals surface area contributed by atoms with E-state index in [2.05, 4.69) is 93.7 Å². The molecule has 0 rings (SSSR count). The van der Waals surface area contributed by atoms with Gasteiger partial charge in [0, 0.05) is 19.3 Å². The van der Waals surface area contributed by atoms with Gasteiger partial charge in [-0.3, -0.25) is 14.4 Å². The molecule has 6 nitrogen and oxygen atoms in total. The molecule has 80 heavy (non-hydrogen) atoms. The maximum Gasteiger partial charge on any atom is 0.306 e. The summed E-state index contributed by atoms with van der Waals surface area (Å²) >= 11 is 0. The zero-order valence-electron chi connectivity index (χ0n) is 53.3. The fraction of sp³-hybridized carbons (Fsp3) is 0.797. The average Bonchev–Trinajstić information content (AvgIpc) is 3.46. The van der Waals surface area contributed by atoms with E-state index in [-0.39, 0.29) is 31.1 Å². The lowest BCUT2D eigenvalue weighted by Crippen LogP contribution is -2.30. The van der Waals surface area contributed by atoms with Crippen molar-refractivity contribution in [2.24, 2.45) is 0 Å². The van der Waals surface area contributed by atoms with Crippen LogP contribution >= 0.6 is 0 Å². The molecule has 0 fully saturated rings. The first kappa shape index (κ1) is 76.9. The molecule has 0 heterocycles. The van der Waals surface area contributed by atoms with Crippen molar-refractivity contribution in [3.8, 4) is 0 Å². The van der Waals surface area contributed by atoms with Gasteiger partial charge < -0.3 is 14.2 Å². The van der Waals surface area contributed by atoms with Gasteiger partial charge in [0.2, 0.25) is 0 Å². The van der Waals surface area contributed by atoms with Gasteiger partial charge in [0.1, 0.15) is 13.2 Å². The first-order valence-corrected chi connectivity index (χ1v) is 34.9. The number of allylic oxidation sites excluding steroid dienone is 12. The smallest absolute Gasteiger partial charge is 0.306 e. The quantitative estimate of drug-likeness (QED) is 0.0261. The van der Waals surface area contributed by atoms with E-state index >= 15 is 0 Å². The predicted molar refractivity (Wildman–Crippen MR) is 348 cm³/mol. The third-order valence-electron chi connectivity index (χ3n) is 15.4. The number of rotatable bonds is 64. The number of ether oxygens (including phenoxy) is 3. The van der Waals surface area contributed by atoms with E-state index in [1.54, 1.807) is 0 Å². The van der Waals surface area contributed by atoms with Crippen LogP contribution < -0.4 is 0 Å². The maximum absolute atomic E-state index is 12.9. The summed E-state index contributed by atoms with van der Waals surface area (Å²) < 4.78 is 17.0. The molecule has 1 atom stereocenters. The van der Waals surface area contributed by atoms with Gasteiger partial charge in [-0.15, -0.1) is 0 Å². The van der Waals surface area contributed by atoms with E-state index in [0.717, 1.165) is 109 Å². The maximum atomic E-state index is 12.9. The molecule has 464 valence electrons. The topological polar surface area (TPSA) is 78.9 Å². The molecule has 0 radical (unpaired) electrons. The molecule has 0 aromatic heterocycles. The summed E-state index contributed by atoms with van der Waals surface area (Å²) in [7, 11) is 0. The second-order valence-corrected chi connectivity index (χ2v) is 23.4. The Balaban J connectivity index is 4.25. The SMILES string of the molecule is CC/C=C\C/C=C\C/C=C\C/C=C\CCCCCCCCCCCCC(=O)OC(COC(=O)CCCCCCC/C=C\C/C=C\CCC)COC(=O)CCCCCCCCCCCCCCCCCCCCCCCCCCCC. The molecule has 0 saturated heterocycles. The van der Waals surface area contributed by atoms with Gasteiger partial charge in [-0.05, 0) is 83.5 Å². The van der Waals surface area contributed by atoms with Crippen molar-refractivity contribution in [2.75, 3.05) is 13.2 Å². The summed E-state index contributed by atoms with van der Waals surface area (Å²) in [5.41, 5.74) is 0. The zero-order valence-corrected chi connectivity index (χ0v) is 53.3. The Hall–Kier alpha value is -3.15. The summed E-state index contributed by atoms with van der Waals surface area (Å²) in [5, 5.41) is 0. The molecule has 0 bridgehead atoms. The Morgan fingerprint density at radius 3 is 0.812 bits per heavy atom. The molecular weight excluding hydrogens is 985 g/mol. The van der Waals surface area contributed by atoms with Crippen LogP contribution in [-0.4, -0.2) is 37.2 Å². The molecule has 6 heteroatoms. The average molecular weight is 1120 g/mol. The molecule has 0 N–H and O–H groups in total. The van der Waals surface area contributed by atoms with Gasteiger partial charge in [-0.2, -0.15) is 0 Å². The van der Waals surface area contributed by atoms with Crippen LogP contribution in [0.25, 0.3) is 0 Å². The first-order valence-electron chi connectivity index (χ1n) is 34.9. The Morgan fingerprint density at radius 1 is 0.263 bits per heavy atom. The molecule has 0 aliphatic carbocycles. The highest BCUT2D eigenvalue weighted by Crippen LogP contribution is 2.18. The van der Waals surface area contributed by atoms with Crippen LogP contribution in [0.5, 0.6) is 0 Å². The van der Waals surface area contributed by atoms with E-state index in [9.17, 15) is 14.4 Å². The minimum absolute atomic E-state index is 0.0781. The molecular formula is C74H132O6. The van der Waals surface area contributed by atoms with Gasteiger partial charge in [0.15, 0.2) is 6.10 Å². The second kappa shape index (κ2) is 68.3. The van der Waals surface area contributed by atoms with Crippen LogP contribution in [0.1, 0.15) is 361 Å². The lowest BCUT2D eigenvalue weighted by atomic mass is 10.0. The highest BCUT2D eigenvalue weighted by molar-refractivity contribution is 5.71. The number of esters is 3. The molecule has 0 aliphatic heterocycles. The molecule has 0 saturated carbocycles. The van der Waals surface area contributed by atoms with Gasteiger partial charge >= 0.3 is 17.9 Å². The van der Waals surface area contributed by atoms with Crippen molar-refractivity contribution in [1.29, 1.82) is 0 Å². The normalized spacial score (nSPS) is 12.5. The van der Waals surface area contributed by atoms with Crippen molar-refractivity contribution in [2.45, 2.75) is 367 Å². The lowest BCUT2D eigenvalue weighted by molar-refractivity contribution is -0.167. The fourth-order valence-electron chi connectivity index (χ4n) is 10.2. The predicted octanol–water partition coefficient (Wildman–Crippen LogP) is 24.1. The van der Waals surface area contributed by atoms with Crippen molar-refractivity contribution in [3.63, 3.8) is 0 Å².